The fraction of sp³-hybridized carbons (Fsp3) is 0.0400. The van der Waals surface area contributed by atoms with Crippen LogP contribution in [-0.2, 0) is 6.61 Å². The SMILES string of the molecule is N#Cc1cc(-c2ccc(Cl)c(Cl)c2)c(-c2ccc(Cl)cc2Cl)nc1OCc1ccc(F)c(F)c1. The van der Waals surface area contributed by atoms with Crippen LogP contribution in [0, 0.1) is 23.0 Å². The molecule has 1 aromatic heterocycles. The van der Waals surface area contributed by atoms with E-state index in [1.807, 2.05) is 0 Å². The number of pyridine rings is 1. The fourth-order valence-electron chi connectivity index (χ4n) is 3.24. The van der Waals surface area contributed by atoms with Crippen molar-refractivity contribution in [3.05, 3.63) is 104 Å². The maximum atomic E-state index is 13.6. The zero-order valence-corrected chi connectivity index (χ0v) is 20.1. The summed E-state index contributed by atoms with van der Waals surface area (Å²) in [6, 6.07) is 17.0. The highest BCUT2D eigenvalue weighted by molar-refractivity contribution is 6.42. The standard InChI is InChI=1S/C25H12Cl4F2N2O/c26-16-3-4-17(20(28)10-16)24-18(14-2-5-19(27)21(29)9-14)8-15(11-32)25(33-24)34-12-13-1-6-22(30)23(31)7-13/h1-10H,12H2. The van der Waals surface area contributed by atoms with Crippen LogP contribution in [0.15, 0.2) is 60.7 Å². The van der Waals surface area contributed by atoms with Crippen molar-refractivity contribution in [2.45, 2.75) is 6.61 Å². The second kappa shape index (κ2) is 10.2. The van der Waals surface area contributed by atoms with Gasteiger partial charge in [0.2, 0.25) is 5.88 Å². The molecule has 3 aromatic carbocycles. The predicted molar refractivity (Wildman–Crippen MR) is 131 cm³/mol. The number of ether oxygens (including phenoxy) is 1. The van der Waals surface area contributed by atoms with Gasteiger partial charge in [-0.25, -0.2) is 13.8 Å². The lowest BCUT2D eigenvalue weighted by molar-refractivity contribution is 0.292. The number of hydrogen-bond donors (Lipinski definition) is 0. The first-order chi connectivity index (χ1) is 16.3. The summed E-state index contributed by atoms with van der Waals surface area (Å²) >= 11 is 24.8. The lowest BCUT2D eigenvalue weighted by atomic mass is 9.97. The molecule has 0 saturated carbocycles. The largest absolute Gasteiger partial charge is 0.472 e. The molecule has 34 heavy (non-hydrogen) atoms. The van der Waals surface area contributed by atoms with Crippen LogP contribution >= 0.6 is 46.4 Å². The molecule has 0 aliphatic rings. The van der Waals surface area contributed by atoms with Crippen LogP contribution in [0.1, 0.15) is 11.1 Å². The Hall–Kier alpha value is -2.88. The molecule has 170 valence electrons. The molecule has 9 heteroatoms. The van der Waals surface area contributed by atoms with Crippen molar-refractivity contribution in [2.75, 3.05) is 0 Å². The average Bonchev–Trinajstić information content (AvgIpc) is 2.81. The zero-order chi connectivity index (χ0) is 24.4. The predicted octanol–water partition coefficient (Wildman–Crippen LogP) is 8.76. The molecule has 0 atom stereocenters. The van der Waals surface area contributed by atoms with E-state index < -0.39 is 11.6 Å². The van der Waals surface area contributed by atoms with E-state index in [2.05, 4.69) is 11.1 Å². The molecular formula is C25H12Cl4F2N2O. The summed E-state index contributed by atoms with van der Waals surface area (Å²) < 4.78 is 32.5. The summed E-state index contributed by atoms with van der Waals surface area (Å²) in [5, 5.41) is 11.2. The van der Waals surface area contributed by atoms with E-state index in [9.17, 15) is 14.0 Å². The lowest BCUT2D eigenvalue weighted by Crippen LogP contribution is -2.03. The van der Waals surface area contributed by atoms with Gasteiger partial charge in [-0.05, 0) is 59.7 Å². The molecule has 3 nitrogen and oxygen atoms in total. The topological polar surface area (TPSA) is 45.9 Å². The molecule has 1 heterocycles. The quantitative estimate of drug-likeness (QED) is 0.256. The Morgan fingerprint density at radius 2 is 1.59 bits per heavy atom. The highest BCUT2D eigenvalue weighted by atomic mass is 35.5. The molecule has 0 radical (unpaired) electrons. The van der Waals surface area contributed by atoms with E-state index >= 15 is 0 Å². The number of hydrogen-bond acceptors (Lipinski definition) is 3. The van der Waals surface area contributed by atoms with Crippen LogP contribution in [0.3, 0.4) is 0 Å². The van der Waals surface area contributed by atoms with Crippen LogP contribution in [0.4, 0.5) is 8.78 Å². The first kappa shape index (κ1) is 24.3. The van der Waals surface area contributed by atoms with Crippen molar-refractivity contribution in [3.8, 4) is 34.3 Å². The number of halogens is 6. The van der Waals surface area contributed by atoms with Crippen molar-refractivity contribution in [3.63, 3.8) is 0 Å². The summed E-state index contributed by atoms with van der Waals surface area (Å²) in [5.74, 6) is -1.97. The molecule has 0 N–H and O–H groups in total. The van der Waals surface area contributed by atoms with Gasteiger partial charge < -0.3 is 4.74 Å². The van der Waals surface area contributed by atoms with Crippen molar-refractivity contribution >= 4 is 46.4 Å². The van der Waals surface area contributed by atoms with Crippen molar-refractivity contribution in [1.82, 2.24) is 4.98 Å². The Bertz CT molecular complexity index is 1450. The second-order valence-corrected chi connectivity index (χ2v) is 8.80. The van der Waals surface area contributed by atoms with Gasteiger partial charge in [0, 0.05) is 16.1 Å². The van der Waals surface area contributed by atoms with Crippen molar-refractivity contribution in [1.29, 1.82) is 5.26 Å². The molecule has 0 spiro atoms. The normalized spacial score (nSPS) is 10.7. The third kappa shape index (κ3) is 5.11. The monoisotopic (exact) mass is 534 g/mol. The maximum absolute atomic E-state index is 13.6. The number of aromatic nitrogens is 1. The maximum Gasteiger partial charge on any atom is 0.232 e. The van der Waals surface area contributed by atoms with Gasteiger partial charge in [0.15, 0.2) is 11.6 Å². The van der Waals surface area contributed by atoms with E-state index in [1.165, 1.54) is 6.07 Å². The van der Waals surface area contributed by atoms with Gasteiger partial charge in [-0.15, -0.1) is 0 Å². The van der Waals surface area contributed by atoms with Gasteiger partial charge in [-0.3, -0.25) is 0 Å². The third-order valence-electron chi connectivity index (χ3n) is 4.88. The smallest absolute Gasteiger partial charge is 0.232 e. The molecule has 0 amide bonds. The number of nitriles is 1. The Labute approximate surface area is 214 Å². The summed E-state index contributed by atoms with van der Waals surface area (Å²) in [6.07, 6.45) is 0. The minimum absolute atomic E-state index is 0.00272. The highest BCUT2D eigenvalue weighted by Crippen LogP contribution is 2.40. The van der Waals surface area contributed by atoms with Crippen molar-refractivity contribution < 1.29 is 13.5 Å². The molecule has 0 unspecified atom stereocenters. The first-order valence-electron chi connectivity index (χ1n) is 9.69. The van der Waals surface area contributed by atoms with Gasteiger partial charge in [0.25, 0.3) is 0 Å². The third-order valence-corrected chi connectivity index (χ3v) is 6.17. The van der Waals surface area contributed by atoms with E-state index in [1.54, 1.807) is 42.5 Å². The van der Waals surface area contributed by atoms with Crippen LogP contribution in [0.25, 0.3) is 22.4 Å². The Kier molecular flexibility index (Phi) is 7.25. The fourth-order valence-corrected chi connectivity index (χ4v) is 4.03. The van der Waals surface area contributed by atoms with Crippen LogP contribution in [0.5, 0.6) is 5.88 Å². The summed E-state index contributed by atoms with van der Waals surface area (Å²) in [5.41, 5.74) is 2.63. The summed E-state index contributed by atoms with van der Waals surface area (Å²) in [7, 11) is 0. The molecular weight excluding hydrogens is 524 g/mol. The van der Waals surface area contributed by atoms with E-state index in [0.29, 0.717) is 48.0 Å². The number of nitrogens with zero attached hydrogens (tertiary/aromatic N) is 2. The van der Waals surface area contributed by atoms with E-state index in [0.717, 1.165) is 12.1 Å². The molecule has 0 aliphatic carbocycles. The van der Waals surface area contributed by atoms with Gasteiger partial charge >= 0.3 is 0 Å². The molecule has 0 fully saturated rings. The molecule has 4 aromatic rings. The Morgan fingerprint density at radius 3 is 2.26 bits per heavy atom. The number of rotatable bonds is 5. The Morgan fingerprint density at radius 1 is 0.794 bits per heavy atom. The van der Waals surface area contributed by atoms with Gasteiger partial charge in [-0.2, -0.15) is 5.26 Å². The summed E-state index contributed by atoms with van der Waals surface area (Å²) in [4.78, 5) is 4.57. The van der Waals surface area contributed by atoms with Gasteiger partial charge in [0.05, 0.1) is 20.8 Å². The summed E-state index contributed by atoms with van der Waals surface area (Å²) in [6.45, 7) is -0.140. The van der Waals surface area contributed by atoms with Crippen molar-refractivity contribution in [2.24, 2.45) is 0 Å². The average molecular weight is 536 g/mol. The number of benzene rings is 3. The molecule has 0 saturated heterocycles. The van der Waals surface area contributed by atoms with Gasteiger partial charge in [0.1, 0.15) is 18.2 Å². The Balaban J connectivity index is 1.85. The minimum atomic E-state index is -1.00. The lowest BCUT2D eigenvalue weighted by Gasteiger charge is -2.15. The minimum Gasteiger partial charge on any atom is -0.472 e. The van der Waals surface area contributed by atoms with E-state index in [4.69, 9.17) is 51.1 Å². The molecule has 0 aliphatic heterocycles. The molecule has 4 rings (SSSR count). The highest BCUT2D eigenvalue weighted by Gasteiger charge is 2.19. The first-order valence-corrected chi connectivity index (χ1v) is 11.2. The zero-order valence-electron chi connectivity index (χ0n) is 17.1. The van der Waals surface area contributed by atoms with E-state index in [-0.39, 0.29) is 18.1 Å². The molecule has 0 bridgehead atoms. The second-order valence-electron chi connectivity index (χ2n) is 7.14. The van der Waals surface area contributed by atoms with Crippen LogP contribution in [-0.4, -0.2) is 4.98 Å². The van der Waals surface area contributed by atoms with Crippen LogP contribution < -0.4 is 4.74 Å². The van der Waals surface area contributed by atoms with Crippen LogP contribution in [0.2, 0.25) is 20.1 Å². The van der Waals surface area contributed by atoms with Gasteiger partial charge in [-0.1, -0.05) is 58.5 Å².